The minimum absolute atomic E-state index is 0.148. The Hall–Kier alpha value is -2.40. The van der Waals surface area contributed by atoms with Crippen LogP contribution >= 0.6 is 0 Å². The Bertz CT molecular complexity index is 834. The van der Waals surface area contributed by atoms with Gasteiger partial charge >= 0.3 is 0 Å². The molecule has 1 N–H and O–H groups in total. The van der Waals surface area contributed by atoms with E-state index in [1.165, 1.54) is 36.6 Å². The second-order valence-electron chi connectivity index (χ2n) is 8.10. The Morgan fingerprint density at radius 1 is 1.14 bits per heavy atom. The van der Waals surface area contributed by atoms with E-state index in [4.69, 9.17) is 4.74 Å². The number of fused-ring (bicyclic) bond motifs is 1. The molecule has 1 saturated carbocycles. The number of nitrogens with zero attached hydrogens (tertiary/aromatic N) is 2. The fourth-order valence-corrected chi connectivity index (χ4v) is 4.50. The molecule has 5 heteroatoms. The van der Waals surface area contributed by atoms with E-state index in [9.17, 15) is 4.79 Å². The lowest BCUT2D eigenvalue weighted by Gasteiger charge is -2.27. The number of rotatable bonds is 4. The van der Waals surface area contributed by atoms with Crippen LogP contribution in [0, 0.1) is 5.92 Å². The third-order valence-corrected chi connectivity index (χ3v) is 6.15. The van der Waals surface area contributed by atoms with Crippen LogP contribution in [0.15, 0.2) is 36.5 Å². The van der Waals surface area contributed by atoms with Crippen LogP contribution in [-0.2, 0) is 12.8 Å². The molecule has 2 aliphatic rings. The molecule has 2 unspecified atom stereocenters. The number of pyridine rings is 1. The zero-order valence-electron chi connectivity index (χ0n) is 16.8. The van der Waals surface area contributed by atoms with E-state index in [1.54, 1.807) is 19.2 Å². The Morgan fingerprint density at radius 3 is 2.64 bits per heavy atom. The van der Waals surface area contributed by atoms with Crippen molar-refractivity contribution in [1.82, 2.24) is 15.2 Å². The number of aromatic nitrogens is 1. The zero-order valence-corrected chi connectivity index (χ0v) is 16.8. The summed E-state index contributed by atoms with van der Waals surface area (Å²) < 4.78 is 5.94. The summed E-state index contributed by atoms with van der Waals surface area (Å²) in [5, 5.41) is 2.59. The lowest BCUT2D eigenvalue weighted by atomic mass is 10.0. The van der Waals surface area contributed by atoms with Gasteiger partial charge in [-0.25, -0.2) is 4.98 Å². The number of hydrogen-bond acceptors (Lipinski definition) is 4. The van der Waals surface area contributed by atoms with E-state index in [0.717, 1.165) is 43.6 Å². The Balaban J connectivity index is 1.42. The van der Waals surface area contributed by atoms with Crippen molar-refractivity contribution in [3.63, 3.8) is 0 Å². The van der Waals surface area contributed by atoms with Gasteiger partial charge in [0.25, 0.3) is 5.91 Å². The molecule has 2 heterocycles. The van der Waals surface area contributed by atoms with Crippen molar-refractivity contribution in [3.8, 4) is 11.6 Å². The van der Waals surface area contributed by atoms with Crippen molar-refractivity contribution in [2.75, 3.05) is 20.1 Å². The Morgan fingerprint density at radius 2 is 1.96 bits per heavy atom. The van der Waals surface area contributed by atoms with Crippen molar-refractivity contribution in [2.45, 2.75) is 45.1 Å². The third-order valence-electron chi connectivity index (χ3n) is 6.15. The molecule has 4 rings (SSSR count). The van der Waals surface area contributed by atoms with Gasteiger partial charge in [-0.05, 0) is 67.3 Å². The number of hydrogen-bond donors (Lipinski definition) is 1. The fraction of sp³-hybridized carbons (Fsp3) is 0.478. The van der Waals surface area contributed by atoms with Crippen LogP contribution in [0.3, 0.4) is 0 Å². The van der Waals surface area contributed by atoms with Gasteiger partial charge in [-0.1, -0.05) is 13.0 Å². The molecule has 1 amide bonds. The summed E-state index contributed by atoms with van der Waals surface area (Å²) in [6.45, 7) is 4.67. The molecule has 1 aliphatic carbocycles. The van der Waals surface area contributed by atoms with Crippen LogP contribution in [0.4, 0.5) is 0 Å². The first-order valence-electron chi connectivity index (χ1n) is 10.3. The summed E-state index contributed by atoms with van der Waals surface area (Å²) in [5.41, 5.74) is 3.34. The lowest BCUT2D eigenvalue weighted by Crippen LogP contribution is -2.35. The molecule has 2 atom stereocenters. The first-order chi connectivity index (χ1) is 13.6. The quantitative estimate of drug-likeness (QED) is 0.877. The van der Waals surface area contributed by atoms with Gasteiger partial charge in [0.2, 0.25) is 5.88 Å². The second-order valence-corrected chi connectivity index (χ2v) is 8.10. The molecular weight excluding hydrogens is 350 g/mol. The van der Waals surface area contributed by atoms with Crippen LogP contribution in [-0.4, -0.2) is 42.0 Å². The summed E-state index contributed by atoms with van der Waals surface area (Å²) in [4.78, 5) is 18.6. The molecule has 1 aromatic heterocycles. The minimum Gasteiger partial charge on any atom is -0.439 e. The molecule has 28 heavy (non-hydrogen) atoms. The molecule has 0 radical (unpaired) electrons. The van der Waals surface area contributed by atoms with Crippen LogP contribution in [0.25, 0.3) is 0 Å². The molecule has 1 fully saturated rings. The predicted molar refractivity (Wildman–Crippen MR) is 110 cm³/mol. The number of carbonyl (C=O) groups excluding carboxylic acids is 1. The normalized spacial score (nSPS) is 22.4. The predicted octanol–water partition coefficient (Wildman–Crippen LogP) is 3.82. The Kier molecular flexibility index (Phi) is 5.62. The van der Waals surface area contributed by atoms with Gasteiger partial charge in [-0.3, -0.25) is 9.69 Å². The van der Waals surface area contributed by atoms with Crippen molar-refractivity contribution in [2.24, 2.45) is 5.92 Å². The largest absolute Gasteiger partial charge is 0.439 e. The summed E-state index contributed by atoms with van der Waals surface area (Å²) in [7, 11) is 1.61. The topological polar surface area (TPSA) is 54.5 Å². The van der Waals surface area contributed by atoms with Gasteiger partial charge in [0.15, 0.2) is 0 Å². The van der Waals surface area contributed by atoms with E-state index in [0.29, 0.717) is 11.4 Å². The highest BCUT2D eigenvalue weighted by molar-refractivity contribution is 5.93. The molecule has 148 valence electrons. The maximum atomic E-state index is 11.6. The highest BCUT2D eigenvalue weighted by Gasteiger charge is 2.28. The van der Waals surface area contributed by atoms with E-state index >= 15 is 0 Å². The average Bonchev–Trinajstić information content (AvgIpc) is 3.03. The highest BCUT2D eigenvalue weighted by atomic mass is 16.5. The average molecular weight is 380 g/mol. The van der Waals surface area contributed by atoms with Gasteiger partial charge in [-0.15, -0.1) is 0 Å². The fourth-order valence-electron chi connectivity index (χ4n) is 4.50. The van der Waals surface area contributed by atoms with Gasteiger partial charge in [0.05, 0.1) is 5.56 Å². The van der Waals surface area contributed by atoms with Crippen LogP contribution in [0.2, 0.25) is 0 Å². The molecule has 0 saturated heterocycles. The first kappa shape index (κ1) is 18.9. The van der Waals surface area contributed by atoms with Crippen molar-refractivity contribution < 1.29 is 9.53 Å². The molecule has 2 aromatic rings. The molecule has 1 aliphatic heterocycles. The van der Waals surface area contributed by atoms with Crippen LogP contribution in [0.5, 0.6) is 11.6 Å². The minimum atomic E-state index is -0.148. The third kappa shape index (κ3) is 4.20. The SMILES string of the molecule is CNC(=O)c1ccc(Oc2ccc3c(c2)CCN(C2CCC(C)C2)CC3)nc1. The summed E-state index contributed by atoms with van der Waals surface area (Å²) >= 11 is 0. The molecular formula is C23H29N3O2. The van der Waals surface area contributed by atoms with E-state index in [-0.39, 0.29) is 5.91 Å². The van der Waals surface area contributed by atoms with Crippen molar-refractivity contribution in [3.05, 3.63) is 53.2 Å². The molecule has 5 nitrogen and oxygen atoms in total. The highest BCUT2D eigenvalue weighted by Crippen LogP contribution is 2.31. The Labute approximate surface area is 167 Å². The van der Waals surface area contributed by atoms with Gasteiger partial charge in [0.1, 0.15) is 5.75 Å². The lowest BCUT2D eigenvalue weighted by molar-refractivity contribution is 0.0962. The van der Waals surface area contributed by atoms with E-state index in [2.05, 4.69) is 34.3 Å². The standard InChI is InChI=1S/C23H29N3O2/c1-16-3-6-20(13-16)26-11-9-17-4-7-21(14-18(17)10-12-26)28-22-8-5-19(15-25-22)23(27)24-2/h4-5,7-8,14-16,20H,3,6,9-13H2,1-2H3,(H,24,27). The van der Waals surface area contributed by atoms with E-state index in [1.807, 2.05) is 6.07 Å². The maximum Gasteiger partial charge on any atom is 0.252 e. The number of nitrogens with one attached hydrogen (secondary N) is 1. The molecule has 1 aromatic carbocycles. The summed E-state index contributed by atoms with van der Waals surface area (Å²) in [6, 6.07) is 10.6. The second kappa shape index (κ2) is 8.31. The monoisotopic (exact) mass is 379 g/mol. The number of amides is 1. The van der Waals surface area contributed by atoms with Gasteiger partial charge in [-0.2, -0.15) is 0 Å². The smallest absolute Gasteiger partial charge is 0.252 e. The maximum absolute atomic E-state index is 11.6. The van der Waals surface area contributed by atoms with E-state index < -0.39 is 0 Å². The molecule has 0 bridgehead atoms. The number of benzene rings is 1. The van der Waals surface area contributed by atoms with Crippen LogP contribution < -0.4 is 10.1 Å². The van der Waals surface area contributed by atoms with Gasteiger partial charge in [0, 0.05) is 38.4 Å². The summed E-state index contributed by atoms with van der Waals surface area (Å²) in [5.74, 6) is 2.04. The van der Waals surface area contributed by atoms with Crippen LogP contribution in [0.1, 0.15) is 47.7 Å². The number of carbonyl (C=O) groups is 1. The zero-order chi connectivity index (χ0) is 19.5. The molecule has 0 spiro atoms. The summed E-state index contributed by atoms with van der Waals surface area (Å²) in [6.07, 6.45) is 7.79. The van der Waals surface area contributed by atoms with Gasteiger partial charge < -0.3 is 10.1 Å². The van der Waals surface area contributed by atoms with Crippen molar-refractivity contribution >= 4 is 5.91 Å². The van der Waals surface area contributed by atoms with Crippen molar-refractivity contribution in [1.29, 1.82) is 0 Å². The first-order valence-corrected chi connectivity index (χ1v) is 10.3. The number of ether oxygens (including phenoxy) is 1.